The van der Waals surface area contributed by atoms with Gasteiger partial charge in [0.1, 0.15) is 0 Å². The van der Waals surface area contributed by atoms with Crippen molar-refractivity contribution in [3.63, 3.8) is 0 Å². The molecule has 0 fully saturated rings. The van der Waals surface area contributed by atoms with Crippen LogP contribution < -0.4 is 5.32 Å². The maximum Gasteiger partial charge on any atom is 0.416 e. The summed E-state index contributed by atoms with van der Waals surface area (Å²) in [6.07, 6.45) is -4.03. The molecule has 0 radical (unpaired) electrons. The first kappa shape index (κ1) is 14.0. The fourth-order valence-corrected chi connectivity index (χ4v) is 1.54. The monoisotopic (exact) mass is 247 g/mol. The van der Waals surface area contributed by atoms with Gasteiger partial charge in [0, 0.05) is 0 Å². The van der Waals surface area contributed by atoms with Gasteiger partial charge in [-0.3, -0.25) is 0 Å². The summed E-state index contributed by atoms with van der Waals surface area (Å²) in [5.74, 6) is 0. The highest BCUT2D eigenvalue weighted by Gasteiger charge is 2.32. The second kappa shape index (κ2) is 5.06. The lowest BCUT2D eigenvalue weighted by Gasteiger charge is -2.24. The molecule has 1 aromatic rings. The number of hydrogen-bond acceptors (Lipinski definition) is 2. The summed E-state index contributed by atoms with van der Waals surface area (Å²) < 4.78 is 37.5. The topological polar surface area (TPSA) is 32.3 Å². The maximum atomic E-state index is 12.5. The minimum atomic E-state index is -4.38. The van der Waals surface area contributed by atoms with E-state index in [1.165, 1.54) is 19.1 Å². The van der Waals surface area contributed by atoms with Crippen LogP contribution in [0.2, 0.25) is 0 Å². The first-order valence-electron chi connectivity index (χ1n) is 5.32. The van der Waals surface area contributed by atoms with Crippen LogP contribution in [0.25, 0.3) is 0 Å². The predicted octanol–water partition coefficient (Wildman–Crippen LogP) is 2.52. The van der Waals surface area contributed by atoms with Crippen LogP contribution in [0.1, 0.15) is 24.5 Å². The molecule has 0 saturated heterocycles. The average Bonchev–Trinajstić information content (AvgIpc) is 2.25. The Morgan fingerprint density at radius 3 is 2.35 bits per heavy atom. The third kappa shape index (κ3) is 3.71. The number of aliphatic hydroxyl groups is 1. The molecule has 2 nitrogen and oxygen atoms in total. The molecule has 0 aliphatic heterocycles. The second-order valence-electron chi connectivity index (χ2n) is 4.21. The van der Waals surface area contributed by atoms with Crippen LogP contribution in [-0.4, -0.2) is 18.7 Å². The second-order valence-corrected chi connectivity index (χ2v) is 4.21. The van der Waals surface area contributed by atoms with E-state index in [0.717, 1.165) is 12.1 Å². The summed E-state index contributed by atoms with van der Waals surface area (Å²) in [6, 6.07) is 4.81. The van der Waals surface area contributed by atoms with E-state index in [9.17, 15) is 18.3 Å². The van der Waals surface area contributed by atoms with Crippen LogP contribution in [0.4, 0.5) is 13.2 Å². The molecule has 17 heavy (non-hydrogen) atoms. The molecule has 0 aliphatic rings. The number of alkyl halides is 3. The zero-order valence-electron chi connectivity index (χ0n) is 9.80. The lowest BCUT2D eigenvalue weighted by Crippen LogP contribution is -2.26. The Hall–Kier alpha value is -1.07. The zero-order valence-corrected chi connectivity index (χ0v) is 9.80. The molecule has 1 aromatic carbocycles. The van der Waals surface area contributed by atoms with E-state index in [2.05, 4.69) is 5.32 Å². The van der Waals surface area contributed by atoms with Gasteiger partial charge in [0.15, 0.2) is 0 Å². The number of benzene rings is 1. The molecule has 0 amide bonds. The number of rotatable bonds is 4. The van der Waals surface area contributed by atoms with Gasteiger partial charge in [-0.05, 0) is 44.6 Å². The standard InChI is InChI=1S/C12H16F3NO/c1-11(17,6-7-16-2)9-4-3-5-10(8-9)12(13,14)15/h3-5,8,16-17H,6-7H2,1-2H3. The van der Waals surface area contributed by atoms with E-state index in [1.807, 2.05) is 0 Å². The van der Waals surface area contributed by atoms with Crippen molar-refractivity contribution in [2.45, 2.75) is 25.1 Å². The van der Waals surface area contributed by atoms with Crippen LogP contribution in [0, 0.1) is 0 Å². The van der Waals surface area contributed by atoms with Crippen molar-refractivity contribution >= 4 is 0 Å². The Balaban J connectivity index is 2.98. The first-order chi connectivity index (χ1) is 7.77. The van der Waals surface area contributed by atoms with Crippen molar-refractivity contribution in [1.29, 1.82) is 0 Å². The van der Waals surface area contributed by atoms with Gasteiger partial charge in [0.05, 0.1) is 11.2 Å². The van der Waals surface area contributed by atoms with Gasteiger partial charge < -0.3 is 10.4 Å². The molecule has 0 saturated carbocycles. The van der Waals surface area contributed by atoms with Crippen molar-refractivity contribution in [3.8, 4) is 0 Å². The summed E-state index contributed by atoms with van der Waals surface area (Å²) in [4.78, 5) is 0. The van der Waals surface area contributed by atoms with E-state index in [4.69, 9.17) is 0 Å². The molecule has 1 rings (SSSR count). The molecule has 2 N–H and O–H groups in total. The van der Waals surface area contributed by atoms with Crippen LogP contribution in [0.5, 0.6) is 0 Å². The fourth-order valence-electron chi connectivity index (χ4n) is 1.54. The summed E-state index contributed by atoms with van der Waals surface area (Å²) in [5, 5.41) is 13.0. The van der Waals surface area contributed by atoms with Gasteiger partial charge in [0.2, 0.25) is 0 Å². The molecular formula is C12H16F3NO. The third-order valence-corrected chi connectivity index (χ3v) is 2.67. The van der Waals surface area contributed by atoms with E-state index < -0.39 is 17.3 Å². The highest BCUT2D eigenvalue weighted by Crippen LogP contribution is 2.32. The summed E-state index contributed by atoms with van der Waals surface area (Å²) >= 11 is 0. The van der Waals surface area contributed by atoms with E-state index in [0.29, 0.717) is 13.0 Å². The molecule has 1 unspecified atom stereocenters. The Kier molecular flexibility index (Phi) is 4.16. The third-order valence-electron chi connectivity index (χ3n) is 2.67. The molecule has 0 bridgehead atoms. The van der Waals surface area contributed by atoms with Crippen molar-refractivity contribution < 1.29 is 18.3 Å². The normalized spacial score (nSPS) is 15.6. The van der Waals surface area contributed by atoms with Gasteiger partial charge in [0.25, 0.3) is 0 Å². The van der Waals surface area contributed by atoms with E-state index in [-0.39, 0.29) is 5.56 Å². The Morgan fingerprint density at radius 2 is 1.82 bits per heavy atom. The number of hydrogen-bond donors (Lipinski definition) is 2. The smallest absolute Gasteiger partial charge is 0.385 e. The van der Waals surface area contributed by atoms with Crippen molar-refractivity contribution in [2.75, 3.05) is 13.6 Å². The summed E-state index contributed by atoms with van der Waals surface area (Å²) in [5.41, 5.74) is -1.72. The molecule has 0 heterocycles. The van der Waals surface area contributed by atoms with Gasteiger partial charge in [-0.1, -0.05) is 12.1 Å². The van der Waals surface area contributed by atoms with Gasteiger partial charge >= 0.3 is 6.18 Å². The lowest BCUT2D eigenvalue weighted by molar-refractivity contribution is -0.137. The Bertz CT molecular complexity index is 374. The predicted molar refractivity (Wildman–Crippen MR) is 59.6 cm³/mol. The molecule has 0 aromatic heterocycles. The van der Waals surface area contributed by atoms with Gasteiger partial charge in [-0.2, -0.15) is 13.2 Å². The molecule has 5 heteroatoms. The Labute approximate surface area is 98.5 Å². The number of halogens is 3. The molecule has 0 spiro atoms. The van der Waals surface area contributed by atoms with Crippen LogP contribution in [0.3, 0.4) is 0 Å². The SMILES string of the molecule is CNCCC(C)(O)c1cccc(C(F)(F)F)c1. The minimum Gasteiger partial charge on any atom is -0.385 e. The Morgan fingerprint density at radius 1 is 1.24 bits per heavy atom. The van der Waals surface area contributed by atoms with Crippen LogP contribution >= 0.6 is 0 Å². The maximum absolute atomic E-state index is 12.5. The summed E-state index contributed by atoms with van der Waals surface area (Å²) in [7, 11) is 1.72. The summed E-state index contributed by atoms with van der Waals surface area (Å²) in [6.45, 7) is 2.04. The molecule has 0 aliphatic carbocycles. The number of nitrogens with one attached hydrogen (secondary N) is 1. The highest BCUT2D eigenvalue weighted by molar-refractivity contribution is 5.29. The first-order valence-corrected chi connectivity index (χ1v) is 5.32. The van der Waals surface area contributed by atoms with Crippen molar-refractivity contribution in [2.24, 2.45) is 0 Å². The average molecular weight is 247 g/mol. The molecule has 96 valence electrons. The molecule has 1 atom stereocenters. The quantitative estimate of drug-likeness (QED) is 0.857. The van der Waals surface area contributed by atoms with Crippen LogP contribution in [0.15, 0.2) is 24.3 Å². The van der Waals surface area contributed by atoms with Crippen molar-refractivity contribution in [3.05, 3.63) is 35.4 Å². The zero-order chi connectivity index (χ0) is 13.1. The minimum absolute atomic E-state index is 0.280. The fraction of sp³-hybridized carbons (Fsp3) is 0.500. The lowest BCUT2D eigenvalue weighted by atomic mass is 9.91. The highest BCUT2D eigenvalue weighted by atomic mass is 19.4. The van der Waals surface area contributed by atoms with Gasteiger partial charge in [-0.25, -0.2) is 0 Å². The van der Waals surface area contributed by atoms with Gasteiger partial charge in [-0.15, -0.1) is 0 Å². The largest absolute Gasteiger partial charge is 0.416 e. The van der Waals surface area contributed by atoms with E-state index in [1.54, 1.807) is 7.05 Å². The van der Waals surface area contributed by atoms with Crippen LogP contribution in [-0.2, 0) is 11.8 Å². The van der Waals surface area contributed by atoms with E-state index >= 15 is 0 Å². The molecular weight excluding hydrogens is 231 g/mol. The van der Waals surface area contributed by atoms with Crippen molar-refractivity contribution in [1.82, 2.24) is 5.32 Å².